The van der Waals surface area contributed by atoms with Crippen molar-refractivity contribution < 1.29 is 28.2 Å². The van der Waals surface area contributed by atoms with Crippen molar-refractivity contribution in [3.63, 3.8) is 0 Å². The second-order valence-corrected chi connectivity index (χ2v) is 11.0. The number of nitrogens with zero attached hydrogens (tertiary/aromatic N) is 2. The molecule has 0 bridgehead atoms. The van der Waals surface area contributed by atoms with E-state index in [4.69, 9.17) is 9.84 Å². The van der Waals surface area contributed by atoms with Crippen LogP contribution >= 0.6 is 0 Å². The summed E-state index contributed by atoms with van der Waals surface area (Å²) >= 11 is 0. The van der Waals surface area contributed by atoms with Gasteiger partial charge in [0, 0.05) is 31.6 Å². The van der Waals surface area contributed by atoms with Crippen molar-refractivity contribution in [2.45, 2.75) is 44.4 Å². The van der Waals surface area contributed by atoms with Gasteiger partial charge in [-0.2, -0.15) is 4.31 Å². The van der Waals surface area contributed by atoms with Crippen molar-refractivity contribution in [3.8, 4) is 5.75 Å². The highest BCUT2D eigenvalue weighted by atomic mass is 32.2. The fourth-order valence-electron chi connectivity index (χ4n) is 4.19. The van der Waals surface area contributed by atoms with Crippen molar-refractivity contribution in [1.82, 2.24) is 9.21 Å². The quantitative estimate of drug-likeness (QED) is 0.570. The van der Waals surface area contributed by atoms with Crippen molar-refractivity contribution in [2.24, 2.45) is 5.92 Å². The number of aliphatic hydroxyl groups excluding tert-OH is 1. The first-order chi connectivity index (χ1) is 16.6. The molecule has 190 valence electrons. The maximum absolute atomic E-state index is 13.5. The summed E-state index contributed by atoms with van der Waals surface area (Å²) in [5.74, 6) is -0.824. The van der Waals surface area contributed by atoms with Gasteiger partial charge in [0.2, 0.25) is 10.0 Å². The number of allylic oxidation sites excluding steroid dienone is 1. The molecule has 3 atom stereocenters. The van der Waals surface area contributed by atoms with Crippen molar-refractivity contribution >= 4 is 22.1 Å². The lowest BCUT2D eigenvalue weighted by atomic mass is 10.0. The summed E-state index contributed by atoms with van der Waals surface area (Å²) in [6.45, 7) is 6.57. The van der Waals surface area contributed by atoms with Crippen LogP contribution in [0.25, 0.3) is 6.08 Å². The van der Waals surface area contributed by atoms with Gasteiger partial charge in [-0.05, 0) is 56.3 Å². The molecule has 0 saturated carbocycles. The van der Waals surface area contributed by atoms with Gasteiger partial charge < -0.3 is 14.9 Å². The van der Waals surface area contributed by atoms with Crippen molar-refractivity contribution in [3.05, 3.63) is 65.2 Å². The minimum atomic E-state index is -3.87. The molecule has 3 rings (SSSR count). The summed E-state index contributed by atoms with van der Waals surface area (Å²) in [5, 5.41) is 18.9. The van der Waals surface area contributed by atoms with Crippen molar-refractivity contribution in [1.29, 1.82) is 0 Å². The zero-order chi connectivity index (χ0) is 25.8. The molecule has 0 saturated heterocycles. The summed E-state index contributed by atoms with van der Waals surface area (Å²) in [4.78, 5) is 13.3. The van der Waals surface area contributed by atoms with E-state index in [2.05, 4.69) is 4.90 Å². The molecule has 0 aromatic heterocycles. The molecule has 1 aliphatic heterocycles. The van der Waals surface area contributed by atoms with Crippen LogP contribution in [0.5, 0.6) is 5.75 Å². The predicted octanol–water partition coefficient (Wildman–Crippen LogP) is 3.32. The Balaban J connectivity index is 1.91. The fraction of sp³-hybridized carbons (Fsp3) is 0.423. The number of ether oxygens (including phenoxy) is 1. The van der Waals surface area contributed by atoms with Gasteiger partial charge in [-0.3, -0.25) is 4.90 Å². The minimum Gasteiger partial charge on any atom is -0.487 e. The molecule has 2 aromatic carbocycles. The highest BCUT2D eigenvalue weighted by Gasteiger charge is 2.38. The topological polar surface area (TPSA) is 107 Å². The average molecular weight is 503 g/mol. The van der Waals surface area contributed by atoms with Gasteiger partial charge in [0.25, 0.3) is 0 Å². The van der Waals surface area contributed by atoms with Gasteiger partial charge in [-0.1, -0.05) is 37.3 Å². The van der Waals surface area contributed by atoms with Crippen LogP contribution in [0.1, 0.15) is 42.3 Å². The number of carboxylic acids is 1. The Hall–Kier alpha value is -2.72. The number of aliphatic hydroxyl groups is 1. The third-order valence-electron chi connectivity index (χ3n) is 6.20. The lowest BCUT2D eigenvalue weighted by molar-refractivity contribution is 0.0697. The Morgan fingerprint density at radius 1 is 1.26 bits per heavy atom. The highest BCUT2D eigenvalue weighted by molar-refractivity contribution is 7.89. The Morgan fingerprint density at radius 3 is 2.54 bits per heavy atom. The maximum atomic E-state index is 13.5. The largest absolute Gasteiger partial charge is 0.487 e. The van der Waals surface area contributed by atoms with E-state index in [0.717, 1.165) is 11.1 Å². The Morgan fingerprint density at radius 2 is 1.94 bits per heavy atom. The first-order valence-electron chi connectivity index (χ1n) is 11.6. The minimum absolute atomic E-state index is 0.0925. The molecule has 8 nitrogen and oxygen atoms in total. The molecule has 1 heterocycles. The van der Waals surface area contributed by atoms with E-state index in [9.17, 15) is 18.3 Å². The summed E-state index contributed by atoms with van der Waals surface area (Å²) in [6, 6.07) is 11.2. The van der Waals surface area contributed by atoms with Gasteiger partial charge in [0.1, 0.15) is 16.7 Å². The molecule has 0 fully saturated rings. The molecule has 0 aliphatic carbocycles. The second kappa shape index (κ2) is 11.3. The molecular formula is C26H34N2O6S. The van der Waals surface area contributed by atoms with Gasteiger partial charge in [-0.15, -0.1) is 0 Å². The number of hydrogen-bond acceptors (Lipinski definition) is 6. The van der Waals surface area contributed by atoms with E-state index < -0.39 is 22.0 Å². The number of likely N-dealkylation sites (N-methyl/N-ethyl adjacent to an activating group) is 1. The number of aromatic carboxylic acids is 1. The number of hydrogen-bond donors (Lipinski definition) is 2. The van der Waals surface area contributed by atoms with Crippen LogP contribution < -0.4 is 4.74 Å². The van der Waals surface area contributed by atoms with E-state index in [-0.39, 0.29) is 35.6 Å². The monoisotopic (exact) mass is 502 g/mol. The van der Waals surface area contributed by atoms with Gasteiger partial charge >= 0.3 is 5.97 Å². The second-order valence-electron chi connectivity index (χ2n) is 9.14. The smallest absolute Gasteiger partial charge is 0.335 e. The predicted molar refractivity (Wildman–Crippen MR) is 135 cm³/mol. The van der Waals surface area contributed by atoms with E-state index in [1.54, 1.807) is 49.4 Å². The molecule has 0 amide bonds. The SMILES string of the molecule is C/C=C/c1ccc2c(c1)O[C@@H](CN(C)Cc1ccc(C(=O)O)cc1)[C@@H](C)CN([C@H](C)CO)S2(=O)=O. The number of sulfonamides is 1. The molecule has 1 aliphatic rings. The molecule has 0 spiro atoms. The average Bonchev–Trinajstić information content (AvgIpc) is 2.81. The van der Waals surface area contributed by atoms with Gasteiger partial charge in [0.15, 0.2) is 0 Å². The summed E-state index contributed by atoms with van der Waals surface area (Å²) in [6.07, 6.45) is 3.44. The van der Waals surface area contributed by atoms with Crippen LogP contribution in [-0.4, -0.2) is 72.7 Å². The Labute approximate surface area is 207 Å². The summed E-state index contributed by atoms with van der Waals surface area (Å²) in [7, 11) is -1.92. The van der Waals surface area contributed by atoms with Crippen LogP contribution in [0.15, 0.2) is 53.4 Å². The molecule has 9 heteroatoms. The number of benzene rings is 2. The third kappa shape index (κ3) is 6.29. The normalized spacial score (nSPS) is 21.2. The van der Waals surface area contributed by atoms with Crippen LogP contribution in [0.4, 0.5) is 0 Å². The summed E-state index contributed by atoms with van der Waals surface area (Å²) in [5.41, 5.74) is 2.04. The van der Waals surface area contributed by atoms with Gasteiger partial charge in [-0.25, -0.2) is 13.2 Å². The zero-order valence-electron chi connectivity index (χ0n) is 20.6. The molecule has 0 radical (unpaired) electrons. The summed E-state index contributed by atoms with van der Waals surface area (Å²) < 4.78 is 34.7. The number of fused-ring (bicyclic) bond motifs is 1. The third-order valence-corrected chi connectivity index (χ3v) is 8.21. The standard InChI is InChI=1S/C26H34N2O6S/c1-5-6-20-9-12-25-23(13-20)34-24(18(2)14-28(19(3)17-29)35(25,32)33)16-27(4)15-21-7-10-22(11-8-21)26(30)31/h5-13,18-19,24,29H,14-17H2,1-4H3,(H,30,31)/b6-5+/t18-,19+,24-/m0/s1. The zero-order valence-corrected chi connectivity index (χ0v) is 21.4. The fourth-order valence-corrected chi connectivity index (χ4v) is 6.02. The maximum Gasteiger partial charge on any atom is 0.335 e. The first-order valence-corrected chi connectivity index (χ1v) is 13.1. The first kappa shape index (κ1) is 26.9. The lowest BCUT2D eigenvalue weighted by Gasteiger charge is -2.37. The number of carbonyl (C=O) groups is 1. The van der Waals surface area contributed by atoms with E-state index >= 15 is 0 Å². The number of rotatable bonds is 8. The number of carboxylic acid groups (broad SMARTS) is 1. The highest BCUT2D eigenvalue weighted by Crippen LogP contribution is 2.34. The van der Waals surface area contributed by atoms with Crippen LogP contribution in [0.3, 0.4) is 0 Å². The van der Waals surface area contributed by atoms with E-state index in [1.165, 1.54) is 4.31 Å². The lowest BCUT2D eigenvalue weighted by Crippen LogP contribution is -2.49. The molecule has 35 heavy (non-hydrogen) atoms. The van der Waals surface area contributed by atoms with E-state index in [1.807, 2.05) is 33.0 Å². The van der Waals surface area contributed by atoms with Crippen molar-refractivity contribution in [2.75, 3.05) is 26.7 Å². The molecular weight excluding hydrogens is 468 g/mol. The molecule has 2 aromatic rings. The van der Waals surface area contributed by atoms with Crippen LogP contribution in [0, 0.1) is 5.92 Å². The van der Waals surface area contributed by atoms with Crippen LogP contribution in [0.2, 0.25) is 0 Å². The molecule has 0 unspecified atom stereocenters. The van der Waals surface area contributed by atoms with Crippen LogP contribution in [-0.2, 0) is 16.6 Å². The Kier molecular flexibility index (Phi) is 8.71. The van der Waals surface area contributed by atoms with Gasteiger partial charge in [0.05, 0.1) is 12.2 Å². The van der Waals surface area contributed by atoms with E-state index in [0.29, 0.717) is 18.8 Å². The molecule has 2 N–H and O–H groups in total. The Bertz CT molecular complexity index is 1160.